The van der Waals surface area contributed by atoms with Crippen LogP contribution in [0.2, 0.25) is 0 Å². The van der Waals surface area contributed by atoms with E-state index in [2.05, 4.69) is 5.32 Å². The van der Waals surface area contributed by atoms with Gasteiger partial charge < -0.3 is 10.1 Å². The summed E-state index contributed by atoms with van der Waals surface area (Å²) in [6.07, 6.45) is 2.00. The second kappa shape index (κ2) is 9.73. The zero-order chi connectivity index (χ0) is 19.9. The highest BCUT2D eigenvalue weighted by Crippen LogP contribution is 2.27. The van der Waals surface area contributed by atoms with Crippen LogP contribution in [-0.4, -0.2) is 42.7 Å². The molecular formula is C21H23N3O2S2. The fourth-order valence-electron chi connectivity index (χ4n) is 2.78. The fourth-order valence-corrected chi connectivity index (χ4v) is 4.15. The molecule has 0 spiro atoms. The topological polar surface area (TPSA) is 54.5 Å². The minimum absolute atomic E-state index is 0.0350. The van der Waals surface area contributed by atoms with Crippen molar-refractivity contribution in [2.24, 2.45) is 0 Å². The van der Waals surface area contributed by atoms with E-state index in [0.29, 0.717) is 13.1 Å². The number of hydrogen-bond donors (Lipinski definition) is 1. The van der Waals surface area contributed by atoms with Gasteiger partial charge in [-0.1, -0.05) is 24.3 Å². The summed E-state index contributed by atoms with van der Waals surface area (Å²) < 4.78 is 5.28. The lowest BCUT2D eigenvalue weighted by Crippen LogP contribution is -2.30. The fraction of sp³-hybridized carbons (Fsp3) is 0.238. The van der Waals surface area contributed by atoms with E-state index in [-0.39, 0.29) is 5.91 Å². The number of thiazole rings is 1. The van der Waals surface area contributed by atoms with Crippen LogP contribution in [0.25, 0.3) is 10.6 Å². The van der Waals surface area contributed by atoms with Gasteiger partial charge in [-0.25, -0.2) is 4.98 Å². The Labute approximate surface area is 173 Å². The maximum atomic E-state index is 12.4. The number of carbonyl (C=O) groups is 1. The number of benzene rings is 2. The van der Waals surface area contributed by atoms with Crippen molar-refractivity contribution in [2.45, 2.75) is 11.4 Å². The third kappa shape index (κ3) is 5.34. The molecule has 0 saturated heterocycles. The number of nitrogens with zero attached hydrogens (tertiary/aromatic N) is 2. The highest BCUT2D eigenvalue weighted by Gasteiger charge is 2.12. The third-order valence-electron chi connectivity index (χ3n) is 4.09. The van der Waals surface area contributed by atoms with E-state index in [1.165, 1.54) is 0 Å². The van der Waals surface area contributed by atoms with Gasteiger partial charge in [0.15, 0.2) is 0 Å². The average molecular weight is 414 g/mol. The number of rotatable bonds is 8. The minimum Gasteiger partial charge on any atom is -0.497 e. The van der Waals surface area contributed by atoms with Gasteiger partial charge in [-0.2, -0.15) is 0 Å². The predicted molar refractivity (Wildman–Crippen MR) is 117 cm³/mol. The van der Waals surface area contributed by atoms with Crippen LogP contribution in [0.3, 0.4) is 0 Å². The zero-order valence-corrected chi connectivity index (χ0v) is 17.8. The first-order chi connectivity index (χ1) is 13.6. The molecule has 28 heavy (non-hydrogen) atoms. The first-order valence-electron chi connectivity index (χ1n) is 8.79. The van der Waals surface area contributed by atoms with Gasteiger partial charge in [-0.05, 0) is 37.6 Å². The van der Waals surface area contributed by atoms with Crippen LogP contribution < -0.4 is 10.1 Å². The average Bonchev–Trinajstić information content (AvgIpc) is 3.16. The number of ether oxygens (including phenoxy) is 1. The lowest BCUT2D eigenvalue weighted by molar-refractivity contribution is -0.117. The van der Waals surface area contributed by atoms with Gasteiger partial charge in [0.05, 0.1) is 25.0 Å². The van der Waals surface area contributed by atoms with Crippen LogP contribution in [-0.2, 0) is 11.3 Å². The molecule has 2 aromatic carbocycles. The lowest BCUT2D eigenvalue weighted by Gasteiger charge is -2.16. The van der Waals surface area contributed by atoms with Crippen molar-refractivity contribution in [3.8, 4) is 16.3 Å². The molecule has 1 amide bonds. The molecule has 0 aliphatic heterocycles. The monoisotopic (exact) mass is 413 g/mol. The molecule has 0 unspecified atom stereocenters. The van der Waals surface area contributed by atoms with Gasteiger partial charge in [0.1, 0.15) is 10.8 Å². The van der Waals surface area contributed by atoms with Crippen molar-refractivity contribution in [3.63, 3.8) is 0 Å². The van der Waals surface area contributed by atoms with Gasteiger partial charge in [0, 0.05) is 22.4 Å². The molecule has 1 heterocycles. The predicted octanol–water partition coefficient (Wildman–Crippen LogP) is 4.61. The molecule has 7 heteroatoms. The number of para-hydroxylation sites is 1. The summed E-state index contributed by atoms with van der Waals surface area (Å²) in [6.45, 7) is 0.910. The van der Waals surface area contributed by atoms with E-state index in [9.17, 15) is 4.79 Å². The van der Waals surface area contributed by atoms with E-state index in [1.807, 2.05) is 72.1 Å². The molecule has 0 saturated carbocycles. The molecule has 146 valence electrons. The first-order valence-corrected chi connectivity index (χ1v) is 10.9. The van der Waals surface area contributed by atoms with Gasteiger partial charge in [0.25, 0.3) is 0 Å². The smallest absolute Gasteiger partial charge is 0.238 e. The Bertz CT molecular complexity index is 943. The quantitative estimate of drug-likeness (QED) is 0.547. The van der Waals surface area contributed by atoms with Crippen molar-refractivity contribution in [2.75, 3.05) is 32.3 Å². The maximum Gasteiger partial charge on any atom is 0.238 e. The van der Waals surface area contributed by atoms with Gasteiger partial charge in [-0.3, -0.25) is 9.69 Å². The number of methoxy groups -OCH3 is 1. The third-order valence-corrected chi connectivity index (χ3v) is 5.83. The second-order valence-electron chi connectivity index (χ2n) is 6.30. The SMILES string of the molecule is COc1cccc(-c2nc(CN(C)CC(=O)Nc3ccccc3SC)cs2)c1. The Morgan fingerprint density at radius 3 is 2.86 bits per heavy atom. The van der Waals surface area contributed by atoms with Crippen molar-refractivity contribution in [1.29, 1.82) is 0 Å². The molecule has 0 aliphatic carbocycles. The van der Waals surface area contributed by atoms with Gasteiger partial charge in [-0.15, -0.1) is 23.1 Å². The first kappa shape index (κ1) is 20.4. The Morgan fingerprint density at radius 1 is 1.25 bits per heavy atom. The number of aromatic nitrogens is 1. The zero-order valence-electron chi connectivity index (χ0n) is 16.1. The second-order valence-corrected chi connectivity index (χ2v) is 8.00. The number of anilines is 1. The number of hydrogen-bond acceptors (Lipinski definition) is 6. The molecule has 5 nitrogen and oxygen atoms in total. The van der Waals surface area contributed by atoms with E-state index in [4.69, 9.17) is 9.72 Å². The largest absolute Gasteiger partial charge is 0.497 e. The summed E-state index contributed by atoms with van der Waals surface area (Å²) in [6, 6.07) is 15.7. The molecule has 0 bridgehead atoms. The van der Waals surface area contributed by atoms with Gasteiger partial charge in [0.2, 0.25) is 5.91 Å². The highest BCUT2D eigenvalue weighted by atomic mass is 32.2. The molecule has 1 N–H and O–H groups in total. The molecule has 0 atom stereocenters. The Hall–Kier alpha value is -2.35. The molecular weight excluding hydrogens is 390 g/mol. The van der Waals surface area contributed by atoms with Crippen LogP contribution >= 0.6 is 23.1 Å². The number of thioether (sulfide) groups is 1. The van der Waals surface area contributed by atoms with Crippen LogP contribution in [0, 0.1) is 0 Å². The number of likely N-dealkylation sites (N-methyl/N-ethyl adjacent to an activating group) is 1. The molecule has 0 aliphatic rings. The van der Waals surface area contributed by atoms with E-state index in [1.54, 1.807) is 30.2 Å². The summed E-state index contributed by atoms with van der Waals surface area (Å²) in [7, 11) is 3.58. The van der Waals surface area contributed by atoms with Crippen molar-refractivity contribution < 1.29 is 9.53 Å². The molecule has 0 radical (unpaired) electrons. The molecule has 1 aromatic heterocycles. The van der Waals surface area contributed by atoms with Crippen molar-refractivity contribution in [3.05, 3.63) is 59.6 Å². The maximum absolute atomic E-state index is 12.4. The lowest BCUT2D eigenvalue weighted by atomic mass is 10.2. The number of amides is 1. The van der Waals surface area contributed by atoms with Crippen molar-refractivity contribution in [1.82, 2.24) is 9.88 Å². The molecule has 0 fully saturated rings. The number of nitrogens with one attached hydrogen (secondary N) is 1. The summed E-state index contributed by atoms with van der Waals surface area (Å²) >= 11 is 3.21. The molecule has 3 rings (SSSR count). The summed E-state index contributed by atoms with van der Waals surface area (Å²) in [5.41, 5.74) is 2.83. The minimum atomic E-state index is -0.0350. The van der Waals surface area contributed by atoms with Crippen LogP contribution in [0.5, 0.6) is 5.75 Å². The van der Waals surface area contributed by atoms with E-state index in [0.717, 1.165) is 32.6 Å². The summed E-state index contributed by atoms with van der Waals surface area (Å²) in [5.74, 6) is 0.779. The van der Waals surface area contributed by atoms with Crippen LogP contribution in [0.15, 0.2) is 58.8 Å². The highest BCUT2D eigenvalue weighted by molar-refractivity contribution is 7.98. The Balaban J connectivity index is 1.58. The Kier molecular flexibility index (Phi) is 7.08. The number of carbonyl (C=O) groups excluding carboxylic acids is 1. The normalized spacial score (nSPS) is 10.9. The summed E-state index contributed by atoms with van der Waals surface area (Å²) in [5, 5.41) is 5.97. The van der Waals surface area contributed by atoms with E-state index >= 15 is 0 Å². The van der Waals surface area contributed by atoms with E-state index < -0.39 is 0 Å². The summed E-state index contributed by atoms with van der Waals surface area (Å²) in [4.78, 5) is 20.1. The van der Waals surface area contributed by atoms with Crippen LogP contribution in [0.1, 0.15) is 5.69 Å². The molecule has 3 aromatic rings. The van der Waals surface area contributed by atoms with Crippen LogP contribution in [0.4, 0.5) is 5.69 Å². The van der Waals surface area contributed by atoms with Gasteiger partial charge >= 0.3 is 0 Å². The Morgan fingerprint density at radius 2 is 2.07 bits per heavy atom. The standard InChI is InChI=1S/C21H23N3O2S2/c1-24(13-20(25)23-18-9-4-5-10-19(18)27-3)12-16-14-28-21(22-16)15-7-6-8-17(11-15)26-2/h4-11,14H,12-13H2,1-3H3,(H,23,25). The van der Waals surface area contributed by atoms with Crippen molar-refractivity contribution >= 4 is 34.7 Å².